The van der Waals surface area contributed by atoms with E-state index in [1.807, 2.05) is 65.9 Å². The van der Waals surface area contributed by atoms with Crippen LogP contribution in [0, 0.1) is 19.3 Å². The standard InChI is InChI=1S/C30H40N4O3/c1-19-17-23(21(3)31-24-12-10-9-11-22(24)28(36)37-29(4,5)6)26-32-25(20(2)27(35)34(26)18-19)33-15-13-30(7,8)14-16-33/h9-12,17-18,21,31H,13-16H2,1-8H3. The second kappa shape index (κ2) is 9.84. The van der Waals surface area contributed by atoms with Crippen LogP contribution in [0.15, 0.2) is 41.3 Å². The molecule has 0 radical (unpaired) electrons. The van der Waals surface area contributed by atoms with Crippen molar-refractivity contribution < 1.29 is 9.53 Å². The molecule has 37 heavy (non-hydrogen) atoms. The Kier molecular flexibility index (Phi) is 7.10. The third-order valence-electron chi connectivity index (χ3n) is 7.09. The Hall–Kier alpha value is -3.35. The Labute approximate surface area is 219 Å². The van der Waals surface area contributed by atoms with Gasteiger partial charge in [-0.05, 0) is 83.6 Å². The average Bonchev–Trinajstić information content (AvgIpc) is 2.80. The number of ether oxygens (including phenoxy) is 1. The van der Waals surface area contributed by atoms with Crippen LogP contribution in [-0.4, -0.2) is 34.0 Å². The normalized spacial score (nSPS) is 16.5. The van der Waals surface area contributed by atoms with Crippen LogP contribution < -0.4 is 15.8 Å². The molecular weight excluding hydrogens is 464 g/mol. The summed E-state index contributed by atoms with van der Waals surface area (Å²) in [5.41, 5.74) is 3.98. The molecule has 1 N–H and O–H groups in total. The van der Waals surface area contributed by atoms with E-state index >= 15 is 0 Å². The molecule has 1 atom stereocenters. The molecule has 1 aromatic carbocycles. The van der Waals surface area contributed by atoms with Gasteiger partial charge in [0, 0.05) is 30.5 Å². The number of hydrogen-bond acceptors (Lipinski definition) is 6. The van der Waals surface area contributed by atoms with Crippen molar-refractivity contribution in [2.24, 2.45) is 5.41 Å². The van der Waals surface area contributed by atoms with Crippen LogP contribution in [0.5, 0.6) is 0 Å². The van der Waals surface area contributed by atoms with Crippen LogP contribution in [0.2, 0.25) is 0 Å². The number of carbonyl (C=O) groups is 1. The quantitative estimate of drug-likeness (QED) is 0.425. The number of carbonyl (C=O) groups excluding carboxylic acids is 1. The van der Waals surface area contributed by atoms with Crippen molar-refractivity contribution in [1.82, 2.24) is 9.38 Å². The molecule has 3 heterocycles. The number of aryl methyl sites for hydroxylation is 1. The predicted molar refractivity (Wildman–Crippen MR) is 150 cm³/mol. The molecule has 7 nitrogen and oxygen atoms in total. The molecule has 0 amide bonds. The summed E-state index contributed by atoms with van der Waals surface area (Å²) in [6, 6.07) is 9.19. The van der Waals surface area contributed by atoms with Gasteiger partial charge in [-0.1, -0.05) is 26.0 Å². The van der Waals surface area contributed by atoms with E-state index in [4.69, 9.17) is 9.72 Å². The molecule has 1 unspecified atom stereocenters. The molecule has 0 spiro atoms. The number of esters is 1. The molecule has 0 bridgehead atoms. The minimum atomic E-state index is -0.592. The summed E-state index contributed by atoms with van der Waals surface area (Å²) < 4.78 is 7.29. The van der Waals surface area contributed by atoms with Crippen LogP contribution in [0.25, 0.3) is 5.65 Å². The van der Waals surface area contributed by atoms with Crippen LogP contribution in [0.1, 0.15) is 87.5 Å². The van der Waals surface area contributed by atoms with Gasteiger partial charge >= 0.3 is 5.97 Å². The second-order valence-electron chi connectivity index (χ2n) is 12.1. The van der Waals surface area contributed by atoms with Crippen molar-refractivity contribution in [3.63, 3.8) is 0 Å². The van der Waals surface area contributed by atoms with Gasteiger partial charge in [-0.25, -0.2) is 9.78 Å². The van der Waals surface area contributed by atoms with E-state index in [0.717, 1.165) is 42.9 Å². The van der Waals surface area contributed by atoms with Crippen molar-refractivity contribution in [2.45, 2.75) is 79.9 Å². The lowest BCUT2D eigenvalue weighted by molar-refractivity contribution is 0.00706. The first kappa shape index (κ1) is 26.7. The highest BCUT2D eigenvalue weighted by Gasteiger charge is 2.28. The first-order valence-corrected chi connectivity index (χ1v) is 13.1. The third-order valence-corrected chi connectivity index (χ3v) is 7.09. The van der Waals surface area contributed by atoms with Gasteiger partial charge in [0.05, 0.1) is 17.2 Å². The summed E-state index contributed by atoms with van der Waals surface area (Å²) in [6.07, 6.45) is 3.98. The summed E-state index contributed by atoms with van der Waals surface area (Å²) in [4.78, 5) is 33.7. The zero-order valence-electron chi connectivity index (χ0n) is 23.4. The topological polar surface area (TPSA) is 75.9 Å². The zero-order chi connectivity index (χ0) is 27.1. The molecule has 4 rings (SSSR count). The van der Waals surface area contributed by atoms with Gasteiger partial charge in [0.1, 0.15) is 17.1 Å². The first-order valence-electron chi connectivity index (χ1n) is 13.1. The predicted octanol–water partition coefficient (Wildman–Crippen LogP) is 6.07. The molecule has 1 aliphatic rings. The Balaban J connectivity index is 1.74. The van der Waals surface area contributed by atoms with Gasteiger partial charge in [-0.2, -0.15) is 0 Å². The van der Waals surface area contributed by atoms with Gasteiger partial charge in [-0.3, -0.25) is 9.20 Å². The van der Waals surface area contributed by atoms with E-state index in [-0.39, 0.29) is 17.6 Å². The number of nitrogens with zero attached hydrogens (tertiary/aromatic N) is 3. The maximum absolute atomic E-state index is 13.5. The van der Waals surface area contributed by atoms with E-state index in [0.29, 0.717) is 27.9 Å². The lowest BCUT2D eigenvalue weighted by Gasteiger charge is -2.38. The number of para-hydroxylation sites is 1. The molecular formula is C30H40N4O3. The van der Waals surface area contributed by atoms with E-state index in [1.165, 1.54) is 0 Å². The first-order chi connectivity index (χ1) is 17.3. The van der Waals surface area contributed by atoms with Gasteiger partial charge in [0.25, 0.3) is 5.56 Å². The van der Waals surface area contributed by atoms with Crippen molar-refractivity contribution in [3.05, 3.63) is 69.1 Å². The number of rotatable bonds is 5. The van der Waals surface area contributed by atoms with Crippen LogP contribution in [-0.2, 0) is 4.74 Å². The van der Waals surface area contributed by atoms with Gasteiger partial charge < -0.3 is 15.0 Å². The number of piperidine rings is 1. The lowest BCUT2D eigenvalue weighted by atomic mass is 9.82. The second-order valence-corrected chi connectivity index (χ2v) is 12.1. The van der Waals surface area contributed by atoms with Crippen LogP contribution in [0.4, 0.5) is 11.5 Å². The average molecular weight is 505 g/mol. The lowest BCUT2D eigenvalue weighted by Crippen LogP contribution is -2.39. The summed E-state index contributed by atoms with van der Waals surface area (Å²) in [5.74, 6) is 0.393. The fourth-order valence-electron chi connectivity index (χ4n) is 4.87. The van der Waals surface area contributed by atoms with E-state index in [9.17, 15) is 9.59 Å². The Morgan fingerprint density at radius 1 is 1.14 bits per heavy atom. The number of benzene rings is 1. The van der Waals surface area contributed by atoms with Crippen molar-refractivity contribution in [1.29, 1.82) is 0 Å². The molecule has 0 aliphatic carbocycles. The van der Waals surface area contributed by atoms with Gasteiger partial charge in [-0.15, -0.1) is 0 Å². The monoisotopic (exact) mass is 504 g/mol. The van der Waals surface area contributed by atoms with E-state index < -0.39 is 5.60 Å². The third kappa shape index (κ3) is 5.81. The highest BCUT2D eigenvalue weighted by Crippen LogP contribution is 2.33. The highest BCUT2D eigenvalue weighted by molar-refractivity contribution is 5.96. The summed E-state index contributed by atoms with van der Waals surface area (Å²) >= 11 is 0. The minimum absolute atomic E-state index is 0.0452. The van der Waals surface area contributed by atoms with E-state index in [2.05, 4.69) is 30.1 Å². The summed E-state index contributed by atoms with van der Waals surface area (Å²) in [5, 5.41) is 3.49. The van der Waals surface area contributed by atoms with Crippen LogP contribution >= 0.6 is 0 Å². The fourth-order valence-corrected chi connectivity index (χ4v) is 4.87. The minimum Gasteiger partial charge on any atom is -0.456 e. The fraction of sp³-hybridized carbons (Fsp3) is 0.500. The largest absolute Gasteiger partial charge is 0.456 e. The number of anilines is 2. The molecule has 7 heteroatoms. The molecule has 1 fully saturated rings. The van der Waals surface area contributed by atoms with E-state index in [1.54, 1.807) is 10.5 Å². The molecule has 0 saturated carbocycles. The molecule has 3 aromatic rings. The van der Waals surface area contributed by atoms with Crippen LogP contribution in [0.3, 0.4) is 0 Å². The molecule has 1 aliphatic heterocycles. The molecule has 198 valence electrons. The van der Waals surface area contributed by atoms with Crippen molar-refractivity contribution >= 4 is 23.1 Å². The summed E-state index contributed by atoms with van der Waals surface area (Å²) in [7, 11) is 0. The Bertz CT molecular complexity index is 1370. The van der Waals surface area contributed by atoms with Crippen molar-refractivity contribution in [2.75, 3.05) is 23.3 Å². The maximum atomic E-state index is 13.5. The smallest absolute Gasteiger partial charge is 0.340 e. The van der Waals surface area contributed by atoms with Gasteiger partial charge in [0.15, 0.2) is 0 Å². The number of aromatic nitrogens is 2. The summed E-state index contributed by atoms with van der Waals surface area (Å²) in [6.45, 7) is 17.8. The number of fused-ring (bicyclic) bond motifs is 1. The Morgan fingerprint density at radius 3 is 2.43 bits per heavy atom. The Morgan fingerprint density at radius 2 is 1.78 bits per heavy atom. The number of nitrogens with one attached hydrogen (secondary N) is 1. The number of hydrogen-bond donors (Lipinski definition) is 1. The maximum Gasteiger partial charge on any atom is 0.340 e. The SMILES string of the molecule is Cc1cc(C(C)Nc2ccccc2C(=O)OC(C)(C)C)c2nc(N3CCC(C)(C)CC3)c(C)c(=O)n2c1. The molecule has 2 aromatic heterocycles. The number of pyridine rings is 1. The zero-order valence-corrected chi connectivity index (χ0v) is 23.4. The van der Waals surface area contributed by atoms with Crippen molar-refractivity contribution in [3.8, 4) is 0 Å². The van der Waals surface area contributed by atoms with Gasteiger partial charge in [0.2, 0.25) is 0 Å². The highest BCUT2D eigenvalue weighted by atomic mass is 16.6. The molecule has 1 saturated heterocycles.